The first-order chi connectivity index (χ1) is 6.74. The van der Waals surface area contributed by atoms with Crippen molar-refractivity contribution in [2.45, 2.75) is 19.1 Å². The molecule has 1 N–H and O–H groups in total. The van der Waals surface area contributed by atoms with Gasteiger partial charge in [0.05, 0.1) is 6.10 Å². The van der Waals surface area contributed by atoms with Gasteiger partial charge in [-0.05, 0) is 34.0 Å². The Morgan fingerprint density at radius 1 is 1.57 bits per heavy atom. The van der Waals surface area contributed by atoms with E-state index < -0.39 is 0 Å². The van der Waals surface area contributed by atoms with Crippen LogP contribution >= 0.6 is 15.9 Å². The van der Waals surface area contributed by atoms with Crippen LogP contribution in [0.15, 0.2) is 22.9 Å². The lowest BCUT2D eigenvalue weighted by Crippen LogP contribution is -2.21. The highest BCUT2D eigenvalue weighted by Gasteiger charge is 2.19. The Hall–Kier alpha value is -0.450. The van der Waals surface area contributed by atoms with Gasteiger partial charge in [-0.2, -0.15) is 0 Å². The summed E-state index contributed by atoms with van der Waals surface area (Å²) in [6.45, 7) is 2.64. The van der Waals surface area contributed by atoms with Crippen molar-refractivity contribution in [3.05, 3.63) is 28.5 Å². The maximum Gasteiger partial charge on any atom is 0.0679 e. The molecule has 1 aliphatic rings. The number of rotatable bonds is 2. The molecule has 1 atom stereocenters. The summed E-state index contributed by atoms with van der Waals surface area (Å²) >= 11 is 3.39. The number of likely N-dealkylation sites (tertiary alicyclic amines) is 1. The monoisotopic (exact) mass is 256 g/mol. The average Bonchev–Trinajstić information content (AvgIpc) is 2.51. The van der Waals surface area contributed by atoms with E-state index in [9.17, 15) is 5.11 Å². The lowest BCUT2D eigenvalue weighted by atomic mass is 10.3. The van der Waals surface area contributed by atoms with Crippen LogP contribution in [0.25, 0.3) is 0 Å². The minimum Gasteiger partial charge on any atom is -0.392 e. The second kappa shape index (κ2) is 4.38. The van der Waals surface area contributed by atoms with Gasteiger partial charge in [-0.1, -0.05) is 0 Å². The van der Waals surface area contributed by atoms with Crippen LogP contribution in [0.4, 0.5) is 0 Å². The zero-order valence-electron chi connectivity index (χ0n) is 7.86. The standard InChI is InChI=1S/C10H13BrN2O/c11-9-3-8(4-12-5-9)6-13-2-1-10(14)7-13/h3-5,10,14H,1-2,6-7H2/t10-/m0/s1. The van der Waals surface area contributed by atoms with Gasteiger partial charge in [-0.25, -0.2) is 0 Å². The lowest BCUT2D eigenvalue weighted by molar-refractivity contribution is 0.174. The Bertz CT molecular complexity index is 319. The van der Waals surface area contributed by atoms with Gasteiger partial charge in [-0.15, -0.1) is 0 Å². The van der Waals surface area contributed by atoms with E-state index in [1.54, 1.807) is 6.20 Å². The second-order valence-corrected chi connectivity index (χ2v) is 4.60. The van der Waals surface area contributed by atoms with Crippen molar-refractivity contribution in [2.24, 2.45) is 0 Å². The fraction of sp³-hybridized carbons (Fsp3) is 0.500. The summed E-state index contributed by atoms with van der Waals surface area (Å²) in [7, 11) is 0. The quantitative estimate of drug-likeness (QED) is 0.870. The lowest BCUT2D eigenvalue weighted by Gasteiger charge is -2.14. The van der Waals surface area contributed by atoms with Crippen molar-refractivity contribution < 1.29 is 5.11 Å². The van der Waals surface area contributed by atoms with Gasteiger partial charge < -0.3 is 5.11 Å². The van der Waals surface area contributed by atoms with Crippen LogP contribution < -0.4 is 0 Å². The van der Waals surface area contributed by atoms with E-state index >= 15 is 0 Å². The fourth-order valence-electron chi connectivity index (χ4n) is 1.76. The average molecular weight is 257 g/mol. The van der Waals surface area contributed by atoms with Crippen molar-refractivity contribution in [3.8, 4) is 0 Å². The number of aliphatic hydroxyl groups excluding tert-OH is 1. The van der Waals surface area contributed by atoms with Crippen molar-refractivity contribution in [1.29, 1.82) is 0 Å². The minimum atomic E-state index is -0.143. The predicted octanol–water partition coefficient (Wildman–Crippen LogP) is 1.41. The molecule has 1 aromatic rings. The van der Waals surface area contributed by atoms with Gasteiger partial charge in [0, 0.05) is 36.5 Å². The van der Waals surface area contributed by atoms with Crippen LogP contribution in [0.1, 0.15) is 12.0 Å². The van der Waals surface area contributed by atoms with Gasteiger partial charge in [-0.3, -0.25) is 9.88 Å². The normalized spacial score (nSPS) is 22.9. The molecule has 0 aliphatic carbocycles. The first-order valence-corrected chi connectivity index (χ1v) is 5.53. The largest absolute Gasteiger partial charge is 0.392 e. The Morgan fingerprint density at radius 2 is 2.43 bits per heavy atom. The van der Waals surface area contributed by atoms with E-state index in [0.29, 0.717) is 0 Å². The van der Waals surface area contributed by atoms with Crippen LogP contribution in [0.5, 0.6) is 0 Å². The maximum atomic E-state index is 9.37. The fourth-order valence-corrected chi connectivity index (χ4v) is 2.17. The summed E-state index contributed by atoms with van der Waals surface area (Å²) in [5, 5.41) is 9.37. The number of nitrogens with zero attached hydrogens (tertiary/aromatic N) is 2. The third-order valence-electron chi connectivity index (χ3n) is 2.42. The summed E-state index contributed by atoms with van der Waals surface area (Å²) in [4.78, 5) is 6.35. The second-order valence-electron chi connectivity index (χ2n) is 3.69. The molecule has 1 aliphatic heterocycles. The molecule has 2 heterocycles. The molecule has 0 aromatic carbocycles. The molecule has 76 valence electrons. The van der Waals surface area contributed by atoms with Crippen molar-refractivity contribution >= 4 is 15.9 Å². The van der Waals surface area contributed by atoms with Gasteiger partial charge in [0.25, 0.3) is 0 Å². The number of pyridine rings is 1. The Kier molecular flexibility index (Phi) is 3.15. The Labute approximate surface area is 91.9 Å². The molecule has 0 bridgehead atoms. The number of halogens is 1. The minimum absolute atomic E-state index is 0.143. The maximum absolute atomic E-state index is 9.37. The number of hydrogen-bond acceptors (Lipinski definition) is 3. The summed E-state index contributed by atoms with van der Waals surface area (Å²) < 4.78 is 1.01. The van der Waals surface area contributed by atoms with Crippen LogP contribution in [-0.4, -0.2) is 34.2 Å². The van der Waals surface area contributed by atoms with Crippen molar-refractivity contribution in [1.82, 2.24) is 9.88 Å². The Morgan fingerprint density at radius 3 is 3.07 bits per heavy atom. The molecular weight excluding hydrogens is 244 g/mol. The molecule has 0 amide bonds. The van der Waals surface area contributed by atoms with E-state index in [2.05, 4.69) is 31.9 Å². The SMILES string of the molecule is O[C@H]1CCN(Cc2cncc(Br)c2)C1. The first-order valence-electron chi connectivity index (χ1n) is 4.74. The molecule has 1 fully saturated rings. The van der Waals surface area contributed by atoms with E-state index in [1.165, 1.54) is 5.56 Å². The molecule has 0 radical (unpaired) electrons. The molecule has 3 nitrogen and oxygen atoms in total. The predicted molar refractivity (Wildman–Crippen MR) is 57.8 cm³/mol. The van der Waals surface area contributed by atoms with Crippen molar-refractivity contribution in [2.75, 3.05) is 13.1 Å². The molecule has 1 saturated heterocycles. The Balaban J connectivity index is 1.97. The van der Waals surface area contributed by atoms with Crippen LogP contribution in [0, 0.1) is 0 Å². The summed E-state index contributed by atoms with van der Waals surface area (Å²) in [6.07, 6.45) is 4.40. The highest BCUT2D eigenvalue weighted by atomic mass is 79.9. The van der Waals surface area contributed by atoms with Gasteiger partial charge in [0.2, 0.25) is 0 Å². The zero-order chi connectivity index (χ0) is 9.97. The van der Waals surface area contributed by atoms with E-state index in [1.807, 2.05) is 6.20 Å². The molecule has 1 aromatic heterocycles. The summed E-state index contributed by atoms with van der Waals surface area (Å²) in [6, 6.07) is 2.07. The molecular formula is C10H13BrN2O. The van der Waals surface area contributed by atoms with E-state index in [0.717, 1.165) is 30.5 Å². The molecule has 14 heavy (non-hydrogen) atoms. The first kappa shape index (κ1) is 10.1. The molecule has 4 heteroatoms. The molecule has 0 saturated carbocycles. The van der Waals surface area contributed by atoms with Gasteiger partial charge in [0.1, 0.15) is 0 Å². The molecule has 2 rings (SSSR count). The topological polar surface area (TPSA) is 36.4 Å². The summed E-state index contributed by atoms with van der Waals surface area (Å²) in [5.74, 6) is 0. The van der Waals surface area contributed by atoms with Crippen LogP contribution in [0.3, 0.4) is 0 Å². The van der Waals surface area contributed by atoms with Crippen LogP contribution in [-0.2, 0) is 6.54 Å². The zero-order valence-corrected chi connectivity index (χ0v) is 9.44. The van der Waals surface area contributed by atoms with Gasteiger partial charge >= 0.3 is 0 Å². The third-order valence-corrected chi connectivity index (χ3v) is 2.85. The van der Waals surface area contributed by atoms with Gasteiger partial charge in [0.15, 0.2) is 0 Å². The van der Waals surface area contributed by atoms with E-state index in [-0.39, 0.29) is 6.10 Å². The summed E-state index contributed by atoms with van der Waals surface area (Å²) in [5.41, 5.74) is 1.19. The van der Waals surface area contributed by atoms with Crippen molar-refractivity contribution in [3.63, 3.8) is 0 Å². The number of aliphatic hydroxyl groups is 1. The smallest absolute Gasteiger partial charge is 0.0679 e. The highest BCUT2D eigenvalue weighted by molar-refractivity contribution is 9.10. The number of β-amino-alcohol motifs (C(OH)–C–C–N with tert-alkyl or cyclic N) is 1. The number of hydrogen-bond donors (Lipinski definition) is 1. The van der Waals surface area contributed by atoms with E-state index in [4.69, 9.17) is 0 Å². The number of aromatic nitrogens is 1. The third kappa shape index (κ3) is 2.53. The molecule has 0 spiro atoms. The van der Waals surface area contributed by atoms with Crippen LogP contribution in [0.2, 0.25) is 0 Å². The highest BCUT2D eigenvalue weighted by Crippen LogP contribution is 2.15. The molecule has 0 unspecified atom stereocenters.